The van der Waals surface area contributed by atoms with Crippen LogP contribution in [0, 0.1) is 11.3 Å². The molecule has 0 atom stereocenters. The van der Waals surface area contributed by atoms with Crippen LogP contribution in [0.5, 0.6) is 0 Å². The lowest BCUT2D eigenvalue weighted by Gasteiger charge is -2.07. The SMILES string of the molecule is N#Cc1ccc(Nc2ccc(C(N)=O)cc2)cc1Br. The predicted octanol–water partition coefficient (Wildman–Crippen LogP) is 3.16. The number of anilines is 2. The Labute approximate surface area is 119 Å². The molecule has 3 N–H and O–H groups in total. The van der Waals surface area contributed by atoms with Gasteiger partial charge in [0.15, 0.2) is 0 Å². The fraction of sp³-hybridized carbons (Fsp3) is 0. The van der Waals surface area contributed by atoms with Gasteiger partial charge in [0, 0.05) is 21.4 Å². The van der Waals surface area contributed by atoms with E-state index >= 15 is 0 Å². The molecular weight excluding hydrogens is 306 g/mol. The van der Waals surface area contributed by atoms with E-state index in [0.717, 1.165) is 15.8 Å². The smallest absolute Gasteiger partial charge is 0.248 e. The lowest BCUT2D eigenvalue weighted by Crippen LogP contribution is -2.10. The normalized spacial score (nSPS) is 9.68. The van der Waals surface area contributed by atoms with Crippen molar-refractivity contribution >= 4 is 33.2 Å². The number of primary amides is 1. The highest BCUT2D eigenvalue weighted by atomic mass is 79.9. The number of hydrogen-bond acceptors (Lipinski definition) is 3. The molecule has 1 amide bonds. The Hall–Kier alpha value is -2.32. The zero-order valence-corrected chi connectivity index (χ0v) is 11.4. The number of nitrogens with two attached hydrogens (primary N) is 1. The summed E-state index contributed by atoms with van der Waals surface area (Å²) < 4.78 is 0.730. The number of rotatable bonds is 3. The average molecular weight is 316 g/mol. The molecule has 0 saturated heterocycles. The van der Waals surface area contributed by atoms with Gasteiger partial charge in [0.2, 0.25) is 5.91 Å². The standard InChI is InChI=1S/C14H10BrN3O/c15-13-7-12(6-3-10(13)8-16)18-11-4-1-9(2-5-11)14(17)19/h1-7,18H,(H2,17,19). The van der Waals surface area contributed by atoms with Gasteiger partial charge in [-0.15, -0.1) is 0 Å². The van der Waals surface area contributed by atoms with Gasteiger partial charge < -0.3 is 11.1 Å². The first-order valence-electron chi connectivity index (χ1n) is 5.46. The van der Waals surface area contributed by atoms with Crippen molar-refractivity contribution in [2.75, 3.05) is 5.32 Å². The molecule has 0 aromatic heterocycles. The van der Waals surface area contributed by atoms with Crippen molar-refractivity contribution in [2.45, 2.75) is 0 Å². The number of carbonyl (C=O) groups excluding carboxylic acids is 1. The number of hydrogen-bond donors (Lipinski definition) is 2. The molecule has 94 valence electrons. The number of nitrogens with zero attached hydrogens (tertiary/aromatic N) is 1. The number of carbonyl (C=O) groups is 1. The Morgan fingerprint density at radius 2 is 1.79 bits per heavy atom. The zero-order chi connectivity index (χ0) is 13.8. The van der Waals surface area contributed by atoms with Crippen LogP contribution in [0.4, 0.5) is 11.4 Å². The minimum atomic E-state index is -0.451. The van der Waals surface area contributed by atoms with Crippen LogP contribution in [-0.4, -0.2) is 5.91 Å². The van der Waals surface area contributed by atoms with Gasteiger partial charge >= 0.3 is 0 Å². The molecule has 0 unspecified atom stereocenters. The Morgan fingerprint density at radius 3 is 2.32 bits per heavy atom. The van der Waals surface area contributed by atoms with Crippen molar-refractivity contribution in [3.05, 3.63) is 58.1 Å². The molecular formula is C14H10BrN3O. The van der Waals surface area contributed by atoms with Crippen LogP contribution in [-0.2, 0) is 0 Å². The van der Waals surface area contributed by atoms with Gasteiger partial charge in [-0.2, -0.15) is 5.26 Å². The van der Waals surface area contributed by atoms with Gasteiger partial charge in [-0.1, -0.05) is 0 Å². The van der Waals surface area contributed by atoms with E-state index in [1.54, 1.807) is 30.3 Å². The fourth-order valence-electron chi connectivity index (χ4n) is 1.57. The Morgan fingerprint density at radius 1 is 1.16 bits per heavy atom. The second-order valence-corrected chi connectivity index (χ2v) is 4.73. The van der Waals surface area contributed by atoms with Crippen LogP contribution < -0.4 is 11.1 Å². The van der Waals surface area contributed by atoms with Crippen molar-refractivity contribution in [2.24, 2.45) is 5.73 Å². The summed E-state index contributed by atoms with van der Waals surface area (Å²) in [7, 11) is 0. The van der Waals surface area contributed by atoms with Crippen molar-refractivity contribution in [1.29, 1.82) is 5.26 Å². The van der Waals surface area contributed by atoms with Gasteiger partial charge in [0.25, 0.3) is 0 Å². The molecule has 2 rings (SSSR count). The first-order chi connectivity index (χ1) is 9.10. The molecule has 5 heteroatoms. The van der Waals surface area contributed by atoms with Crippen LogP contribution in [0.1, 0.15) is 15.9 Å². The average Bonchev–Trinajstić information content (AvgIpc) is 2.39. The monoisotopic (exact) mass is 315 g/mol. The van der Waals surface area contributed by atoms with Crippen molar-refractivity contribution in [3.63, 3.8) is 0 Å². The third-order valence-electron chi connectivity index (χ3n) is 2.55. The first kappa shape index (κ1) is 13.1. The molecule has 2 aromatic carbocycles. The van der Waals surface area contributed by atoms with Gasteiger partial charge in [0.05, 0.1) is 5.56 Å². The maximum absolute atomic E-state index is 11.0. The lowest BCUT2D eigenvalue weighted by molar-refractivity contribution is 0.100. The molecule has 0 aliphatic rings. The summed E-state index contributed by atoms with van der Waals surface area (Å²) in [6.45, 7) is 0. The Bertz CT molecular complexity index is 659. The highest BCUT2D eigenvalue weighted by Gasteiger charge is 2.02. The van der Waals surface area contributed by atoms with E-state index in [2.05, 4.69) is 27.3 Å². The first-order valence-corrected chi connectivity index (χ1v) is 6.26. The molecule has 0 spiro atoms. The van der Waals surface area contributed by atoms with Crippen LogP contribution >= 0.6 is 15.9 Å². The molecule has 0 heterocycles. The molecule has 2 aromatic rings. The largest absolute Gasteiger partial charge is 0.366 e. The zero-order valence-electron chi connectivity index (χ0n) is 9.85. The van der Waals surface area contributed by atoms with Crippen molar-refractivity contribution < 1.29 is 4.79 Å². The number of amides is 1. The highest BCUT2D eigenvalue weighted by Crippen LogP contribution is 2.23. The second-order valence-electron chi connectivity index (χ2n) is 3.87. The van der Waals surface area contributed by atoms with Crippen molar-refractivity contribution in [1.82, 2.24) is 0 Å². The molecule has 4 nitrogen and oxygen atoms in total. The van der Waals surface area contributed by atoms with Crippen molar-refractivity contribution in [3.8, 4) is 6.07 Å². The number of nitriles is 1. The molecule has 0 fully saturated rings. The second kappa shape index (κ2) is 5.55. The molecule has 0 radical (unpaired) electrons. The number of halogens is 1. The van der Waals surface area contributed by atoms with Gasteiger partial charge in [-0.3, -0.25) is 4.79 Å². The van der Waals surface area contributed by atoms with E-state index in [1.807, 2.05) is 12.1 Å². The van der Waals surface area contributed by atoms with Crippen LogP contribution in [0.2, 0.25) is 0 Å². The van der Waals surface area contributed by atoms with Crippen LogP contribution in [0.25, 0.3) is 0 Å². The summed E-state index contributed by atoms with van der Waals surface area (Å²) >= 11 is 3.33. The van der Waals surface area contributed by atoms with E-state index in [0.29, 0.717) is 11.1 Å². The predicted molar refractivity (Wildman–Crippen MR) is 77.1 cm³/mol. The van der Waals surface area contributed by atoms with Gasteiger partial charge in [-0.05, 0) is 58.4 Å². The van der Waals surface area contributed by atoms with E-state index in [4.69, 9.17) is 11.0 Å². The topological polar surface area (TPSA) is 78.9 Å². The molecule has 0 aliphatic carbocycles. The molecule has 19 heavy (non-hydrogen) atoms. The molecule has 0 bridgehead atoms. The Balaban J connectivity index is 2.19. The molecule has 0 saturated carbocycles. The minimum absolute atomic E-state index is 0.451. The van der Waals surface area contributed by atoms with E-state index < -0.39 is 5.91 Å². The lowest BCUT2D eigenvalue weighted by atomic mass is 10.2. The minimum Gasteiger partial charge on any atom is -0.366 e. The van der Waals surface area contributed by atoms with Gasteiger partial charge in [-0.25, -0.2) is 0 Å². The third-order valence-corrected chi connectivity index (χ3v) is 3.20. The summed E-state index contributed by atoms with van der Waals surface area (Å²) in [6.07, 6.45) is 0. The third kappa shape index (κ3) is 3.12. The highest BCUT2D eigenvalue weighted by molar-refractivity contribution is 9.10. The van der Waals surface area contributed by atoms with Gasteiger partial charge in [0.1, 0.15) is 6.07 Å². The van der Waals surface area contributed by atoms with Crippen LogP contribution in [0.15, 0.2) is 46.9 Å². The Kier molecular flexibility index (Phi) is 3.83. The molecule has 0 aliphatic heterocycles. The number of nitrogens with one attached hydrogen (secondary N) is 1. The maximum atomic E-state index is 11.0. The van der Waals surface area contributed by atoms with E-state index in [-0.39, 0.29) is 0 Å². The summed E-state index contributed by atoms with van der Waals surface area (Å²) in [5, 5.41) is 12.0. The van der Waals surface area contributed by atoms with E-state index in [1.165, 1.54) is 0 Å². The quantitative estimate of drug-likeness (QED) is 0.913. The van der Waals surface area contributed by atoms with Crippen LogP contribution in [0.3, 0.4) is 0 Å². The number of benzene rings is 2. The summed E-state index contributed by atoms with van der Waals surface area (Å²) in [5.74, 6) is -0.451. The fourth-order valence-corrected chi connectivity index (χ4v) is 2.04. The summed E-state index contributed by atoms with van der Waals surface area (Å²) in [5.41, 5.74) is 7.89. The summed E-state index contributed by atoms with van der Waals surface area (Å²) in [6, 6.07) is 14.3. The summed E-state index contributed by atoms with van der Waals surface area (Å²) in [4.78, 5) is 11.0. The maximum Gasteiger partial charge on any atom is 0.248 e. The van der Waals surface area contributed by atoms with E-state index in [9.17, 15) is 4.79 Å².